The number of nitrogens with zero attached hydrogens (tertiary/aromatic N) is 5. The van der Waals surface area contributed by atoms with Gasteiger partial charge in [0.05, 0.1) is 29.1 Å². The van der Waals surface area contributed by atoms with Gasteiger partial charge < -0.3 is 15.1 Å². The first-order valence-electron chi connectivity index (χ1n) is 12.3. The lowest BCUT2D eigenvalue weighted by Gasteiger charge is -2.42. The van der Waals surface area contributed by atoms with Gasteiger partial charge in [0.15, 0.2) is 11.6 Å². The molecule has 4 aliphatic rings. The third kappa shape index (κ3) is 3.25. The summed E-state index contributed by atoms with van der Waals surface area (Å²) in [6.07, 6.45) is 2.85. The van der Waals surface area contributed by atoms with Crippen LogP contribution >= 0.6 is 0 Å². The highest BCUT2D eigenvalue weighted by atomic mass is 19.1. The maximum atomic E-state index is 15.2. The van der Waals surface area contributed by atoms with Crippen molar-refractivity contribution in [2.45, 2.75) is 81.6 Å². The fourth-order valence-electron chi connectivity index (χ4n) is 6.69. The molecule has 2 aromatic heterocycles. The van der Waals surface area contributed by atoms with Gasteiger partial charge in [-0.15, -0.1) is 0 Å². The molecule has 2 N–H and O–H groups in total. The maximum Gasteiger partial charge on any atom is 0.188 e. The summed E-state index contributed by atoms with van der Waals surface area (Å²) in [5.41, 5.74) is -0.913. The predicted octanol–water partition coefficient (Wildman–Crippen LogP) is 2.60. The number of aryl methyl sites for hydroxylation is 1. The van der Waals surface area contributed by atoms with E-state index < -0.39 is 29.5 Å². The molecule has 3 unspecified atom stereocenters. The highest BCUT2D eigenvalue weighted by Gasteiger charge is 2.61. The summed E-state index contributed by atoms with van der Waals surface area (Å²) >= 11 is 0. The zero-order chi connectivity index (χ0) is 23.8. The summed E-state index contributed by atoms with van der Waals surface area (Å²) < 4.78 is 44.1. The molecule has 3 aliphatic heterocycles. The Kier molecular flexibility index (Phi) is 5.10. The van der Waals surface area contributed by atoms with E-state index in [9.17, 15) is 19.0 Å². The molecule has 6 rings (SSSR count). The summed E-state index contributed by atoms with van der Waals surface area (Å²) in [5.74, 6) is -2.53. The van der Waals surface area contributed by atoms with Crippen LogP contribution in [0.1, 0.15) is 50.0 Å². The standard InChI is InChI=1S/C24H30F3N5O2/c1-13-18(26)20-16(11-28-13)22(32-8-3-2-5-15-19(27)21(15)32)30-17(29-20)10-24(33,34)23-6-4-7-31(23)12-14(25)9-23/h11,14-15,19,21,33-34H,2-10,12H2,1H3/t14?,15?,19-,21?,23-/m0/s1. The number of aliphatic hydroxyl groups is 2. The van der Waals surface area contributed by atoms with Gasteiger partial charge in [0, 0.05) is 31.6 Å². The summed E-state index contributed by atoms with van der Waals surface area (Å²) in [5, 5.41) is 22.9. The molecule has 184 valence electrons. The average Bonchev–Trinajstić information content (AvgIpc) is 3.14. The van der Waals surface area contributed by atoms with E-state index in [2.05, 4.69) is 15.0 Å². The van der Waals surface area contributed by atoms with Crippen LogP contribution < -0.4 is 4.90 Å². The number of anilines is 1. The van der Waals surface area contributed by atoms with Crippen molar-refractivity contribution >= 4 is 16.7 Å². The van der Waals surface area contributed by atoms with E-state index in [1.165, 1.54) is 13.1 Å². The lowest BCUT2D eigenvalue weighted by Crippen LogP contribution is -2.60. The predicted molar refractivity (Wildman–Crippen MR) is 119 cm³/mol. The van der Waals surface area contributed by atoms with Crippen LogP contribution in [0.4, 0.5) is 19.0 Å². The van der Waals surface area contributed by atoms with E-state index >= 15 is 4.39 Å². The van der Waals surface area contributed by atoms with Crippen molar-refractivity contribution < 1.29 is 23.4 Å². The van der Waals surface area contributed by atoms with Gasteiger partial charge in [-0.1, -0.05) is 6.42 Å². The third-order valence-electron chi connectivity index (χ3n) is 8.49. The van der Waals surface area contributed by atoms with Crippen molar-refractivity contribution in [3.63, 3.8) is 0 Å². The minimum Gasteiger partial charge on any atom is -0.364 e. The van der Waals surface area contributed by atoms with Gasteiger partial charge in [-0.2, -0.15) is 0 Å². The lowest BCUT2D eigenvalue weighted by molar-refractivity contribution is -0.235. The molecule has 0 spiro atoms. The monoisotopic (exact) mass is 477 g/mol. The molecule has 2 aromatic rings. The van der Waals surface area contributed by atoms with E-state index in [0.717, 1.165) is 25.7 Å². The lowest BCUT2D eigenvalue weighted by atomic mass is 9.82. The van der Waals surface area contributed by atoms with Crippen LogP contribution in [0, 0.1) is 18.7 Å². The van der Waals surface area contributed by atoms with E-state index in [0.29, 0.717) is 30.7 Å². The van der Waals surface area contributed by atoms with E-state index in [1.54, 1.807) is 0 Å². The largest absolute Gasteiger partial charge is 0.364 e. The molecule has 3 saturated heterocycles. The van der Waals surface area contributed by atoms with Gasteiger partial charge in [0.2, 0.25) is 0 Å². The normalized spacial score (nSPS) is 33.8. The van der Waals surface area contributed by atoms with Crippen LogP contribution in [0.3, 0.4) is 0 Å². The van der Waals surface area contributed by atoms with Crippen molar-refractivity contribution in [2.24, 2.45) is 5.92 Å². The van der Waals surface area contributed by atoms with E-state index in [4.69, 9.17) is 0 Å². The summed E-state index contributed by atoms with van der Waals surface area (Å²) in [4.78, 5) is 16.9. The molecule has 5 heterocycles. The number of pyridine rings is 1. The van der Waals surface area contributed by atoms with E-state index in [-0.39, 0.29) is 48.4 Å². The van der Waals surface area contributed by atoms with Crippen LogP contribution in [0.2, 0.25) is 0 Å². The highest BCUT2D eigenvalue weighted by molar-refractivity contribution is 5.90. The van der Waals surface area contributed by atoms with Crippen molar-refractivity contribution in [1.82, 2.24) is 19.9 Å². The topological polar surface area (TPSA) is 85.6 Å². The maximum absolute atomic E-state index is 15.2. The van der Waals surface area contributed by atoms with Gasteiger partial charge in [-0.05, 0) is 39.2 Å². The zero-order valence-corrected chi connectivity index (χ0v) is 19.2. The van der Waals surface area contributed by atoms with Crippen molar-refractivity contribution in [3.8, 4) is 0 Å². The van der Waals surface area contributed by atoms with Gasteiger partial charge in [0.1, 0.15) is 29.5 Å². The van der Waals surface area contributed by atoms with E-state index in [1.807, 2.05) is 9.80 Å². The van der Waals surface area contributed by atoms with Gasteiger partial charge in [0.25, 0.3) is 0 Å². The van der Waals surface area contributed by atoms with Crippen molar-refractivity contribution in [2.75, 3.05) is 24.5 Å². The average molecular weight is 478 g/mol. The second-order valence-corrected chi connectivity index (χ2v) is 10.5. The summed E-state index contributed by atoms with van der Waals surface area (Å²) in [6, 6.07) is -0.322. The number of hydrogen-bond donors (Lipinski definition) is 2. The van der Waals surface area contributed by atoms with Crippen LogP contribution in [0.15, 0.2) is 6.20 Å². The smallest absolute Gasteiger partial charge is 0.188 e. The Morgan fingerprint density at radius 1 is 1.18 bits per heavy atom. The molecule has 1 aliphatic carbocycles. The molecule has 7 nitrogen and oxygen atoms in total. The molecule has 0 bridgehead atoms. The summed E-state index contributed by atoms with van der Waals surface area (Å²) in [6.45, 7) is 2.88. The number of aromatic nitrogens is 3. The number of hydrogen-bond acceptors (Lipinski definition) is 7. The number of halogens is 3. The number of alkyl halides is 2. The van der Waals surface area contributed by atoms with Crippen LogP contribution in [-0.2, 0) is 6.42 Å². The Hall–Kier alpha value is -2.04. The van der Waals surface area contributed by atoms with Gasteiger partial charge >= 0.3 is 0 Å². The van der Waals surface area contributed by atoms with Crippen molar-refractivity contribution in [3.05, 3.63) is 23.5 Å². The molecule has 1 saturated carbocycles. The Morgan fingerprint density at radius 3 is 2.82 bits per heavy atom. The summed E-state index contributed by atoms with van der Waals surface area (Å²) in [7, 11) is 0. The highest BCUT2D eigenvalue weighted by Crippen LogP contribution is 2.49. The molecule has 10 heteroatoms. The fraction of sp³-hybridized carbons (Fsp3) is 0.708. The number of rotatable bonds is 4. The first-order chi connectivity index (χ1) is 16.2. The Labute approximate surface area is 196 Å². The Balaban J connectivity index is 1.44. The molecule has 0 radical (unpaired) electrons. The first-order valence-corrected chi connectivity index (χ1v) is 12.3. The molecule has 4 fully saturated rings. The minimum atomic E-state index is -2.29. The minimum absolute atomic E-state index is 0.0250. The molecule has 0 aromatic carbocycles. The molecular formula is C24H30F3N5O2. The molecular weight excluding hydrogens is 447 g/mol. The SMILES string of the molecule is Cc1ncc2c(N3CCCCC4C3[C@H]4F)nc(CC(O)(O)[C@@]34CCCN3CC(F)C4)nc2c1F. The van der Waals surface area contributed by atoms with Gasteiger partial charge in [-0.3, -0.25) is 9.88 Å². The zero-order valence-electron chi connectivity index (χ0n) is 19.2. The van der Waals surface area contributed by atoms with Crippen LogP contribution in [0.5, 0.6) is 0 Å². The molecule has 0 amide bonds. The first kappa shape index (κ1) is 22.4. The number of fused-ring (bicyclic) bond motifs is 3. The molecule has 5 atom stereocenters. The molecule has 34 heavy (non-hydrogen) atoms. The quantitative estimate of drug-likeness (QED) is 0.655. The fourth-order valence-corrected chi connectivity index (χ4v) is 6.69. The van der Waals surface area contributed by atoms with Crippen molar-refractivity contribution in [1.29, 1.82) is 0 Å². The third-order valence-corrected chi connectivity index (χ3v) is 8.49. The Morgan fingerprint density at radius 2 is 2.00 bits per heavy atom. The second-order valence-electron chi connectivity index (χ2n) is 10.5. The van der Waals surface area contributed by atoms with Crippen LogP contribution in [-0.4, -0.2) is 79.4 Å². The Bertz CT molecular complexity index is 1130. The second kappa shape index (κ2) is 7.73. The van der Waals surface area contributed by atoms with Crippen LogP contribution in [0.25, 0.3) is 10.9 Å². The van der Waals surface area contributed by atoms with Gasteiger partial charge in [-0.25, -0.2) is 23.1 Å².